The van der Waals surface area contributed by atoms with Gasteiger partial charge in [-0.1, -0.05) is 6.07 Å². The number of fused-ring (bicyclic) bond motifs is 1. The van der Waals surface area contributed by atoms with Crippen molar-refractivity contribution in [2.75, 3.05) is 19.8 Å². The van der Waals surface area contributed by atoms with Crippen LogP contribution >= 0.6 is 0 Å². The number of carbonyl (C=O) groups is 1. The molecule has 1 aromatic rings. The van der Waals surface area contributed by atoms with E-state index in [1.807, 2.05) is 39.0 Å². The Kier molecular flexibility index (Phi) is 4.57. The van der Waals surface area contributed by atoms with E-state index in [0.29, 0.717) is 24.7 Å². The van der Waals surface area contributed by atoms with Crippen LogP contribution in [0.15, 0.2) is 18.2 Å². The SMILES string of the molecule is CC(C)(C)OC(=O)NC(CN)c1ccc2c(c1)OCCO2. The number of ether oxygens (including phenoxy) is 3. The molecule has 1 aliphatic rings. The smallest absolute Gasteiger partial charge is 0.408 e. The molecule has 0 saturated carbocycles. The Hall–Kier alpha value is -1.95. The Bertz CT molecular complexity index is 511. The highest BCUT2D eigenvalue weighted by molar-refractivity contribution is 5.68. The second kappa shape index (κ2) is 6.22. The van der Waals surface area contributed by atoms with Gasteiger partial charge in [-0.25, -0.2) is 4.79 Å². The quantitative estimate of drug-likeness (QED) is 0.890. The lowest BCUT2D eigenvalue weighted by Crippen LogP contribution is -2.37. The van der Waals surface area contributed by atoms with Gasteiger partial charge in [0, 0.05) is 6.54 Å². The van der Waals surface area contributed by atoms with Gasteiger partial charge in [0.1, 0.15) is 18.8 Å². The Labute approximate surface area is 124 Å². The van der Waals surface area contributed by atoms with E-state index in [2.05, 4.69) is 5.32 Å². The number of carbonyl (C=O) groups excluding carboxylic acids is 1. The summed E-state index contributed by atoms with van der Waals surface area (Å²) in [6, 6.07) is 5.19. The maximum absolute atomic E-state index is 11.8. The van der Waals surface area contributed by atoms with Crippen LogP contribution in [0.2, 0.25) is 0 Å². The maximum atomic E-state index is 11.8. The molecule has 116 valence electrons. The summed E-state index contributed by atoms with van der Waals surface area (Å²) in [4.78, 5) is 11.8. The van der Waals surface area contributed by atoms with Crippen molar-refractivity contribution in [3.05, 3.63) is 23.8 Å². The lowest BCUT2D eigenvalue weighted by atomic mass is 10.1. The molecule has 1 unspecified atom stereocenters. The third kappa shape index (κ3) is 4.26. The van der Waals surface area contributed by atoms with Crippen molar-refractivity contribution in [3.8, 4) is 11.5 Å². The maximum Gasteiger partial charge on any atom is 0.408 e. The average Bonchev–Trinajstić information content (AvgIpc) is 2.42. The lowest BCUT2D eigenvalue weighted by Gasteiger charge is -2.24. The van der Waals surface area contributed by atoms with Crippen molar-refractivity contribution in [3.63, 3.8) is 0 Å². The molecular weight excluding hydrogens is 272 g/mol. The molecule has 0 fully saturated rings. The molecule has 1 amide bonds. The predicted molar refractivity (Wildman–Crippen MR) is 78.6 cm³/mol. The van der Waals surface area contributed by atoms with Crippen molar-refractivity contribution < 1.29 is 19.0 Å². The molecule has 0 bridgehead atoms. The fourth-order valence-corrected chi connectivity index (χ4v) is 2.00. The lowest BCUT2D eigenvalue weighted by molar-refractivity contribution is 0.0505. The van der Waals surface area contributed by atoms with Crippen LogP contribution in [0.1, 0.15) is 32.4 Å². The van der Waals surface area contributed by atoms with Gasteiger partial charge in [0.2, 0.25) is 0 Å². The van der Waals surface area contributed by atoms with E-state index < -0.39 is 11.7 Å². The van der Waals surface area contributed by atoms with Crippen LogP contribution in [0, 0.1) is 0 Å². The molecule has 1 aliphatic heterocycles. The van der Waals surface area contributed by atoms with E-state index in [9.17, 15) is 4.79 Å². The summed E-state index contributed by atoms with van der Waals surface area (Å²) < 4.78 is 16.2. The summed E-state index contributed by atoms with van der Waals surface area (Å²) in [5, 5.41) is 2.76. The monoisotopic (exact) mass is 294 g/mol. The zero-order valence-electron chi connectivity index (χ0n) is 12.6. The molecule has 3 N–H and O–H groups in total. The van der Waals surface area contributed by atoms with Crippen LogP contribution in [0.3, 0.4) is 0 Å². The Morgan fingerprint density at radius 3 is 2.62 bits per heavy atom. The molecule has 6 heteroatoms. The van der Waals surface area contributed by atoms with Crippen LogP contribution in [-0.2, 0) is 4.74 Å². The summed E-state index contributed by atoms with van der Waals surface area (Å²) in [6.45, 7) is 6.77. The minimum atomic E-state index is -0.546. The second-order valence-electron chi connectivity index (χ2n) is 5.84. The van der Waals surface area contributed by atoms with E-state index in [0.717, 1.165) is 5.56 Å². The van der Waals surface area contributed by atoms with Crippen molar-refractivity contribution in [1.82, 2.24) is 5.32 Å². The third-order valence-corrected chi connectivity index (χ3v) is 2.90. The first-order valence-corrected chi connectivity index (χ1v) is 6.98. The Morgan fingerprint density at radius 1 is 1.33 bits per heavy atom. The van der Waals surface area contributed by atoms with Crippen LogP contribution < -0.4 is 20.5 Å². The van der Waals surface area contributed by atoms with Gasteiger partial charge in [0.05, 0.1) is 6.04 Å². The van der Waals surface area contributed by atoms with Gasteiger partial charge in [0.25, 0.3) is 0 Å². The second-order valence-corrected chi connectivity index (χ2v) is 5.84. The molecular formula is C15H22N2O4. The summed E-state index contributed by atoms with van der Waals surface area (Å²) in [5.74, 6) is 1.38. The van der Waals surface area contributed by atoms with Crippen LogP contribution in [0.5, 0.6) is 11.5 Å². The largest absolute Gasteiger partial charge is 0.486 e. The Morgan fingerprint density at radius 2 is 2.00 bits per heavy atom. The fourth-order valence-electron chi connectivity index (χ4n) is 2.00. The minimum Gasteiger partial charge on any atom is -0.486 e. The first kappa shape index (κ1) is 15.4. The number of amides is 1. The van der Waals surface area contributed by atoms with Crippen LogP contribution in [0.25, 0.3) is 0 Å². The molecule has 0 aliphatic carbocycles. The van der Waals surface area contributed by atoms with E-state index >= 15 is 0 Å². The first-order chi connectivity index (χ1) is 9.89. The van der Waals surface area contributed by atoms with E-state index in [1.165, 1.54) is 0 Å². The first-order valence-electron chi connectivity index (χ1n) is 6.98. The number of alkyl carbamates (subject to hydrolysis) is 1. The summed E-state index contributed by atoms with van der Waals surface area (Å²) >= 11 is 0. The summed E-state index contributed by atoms with van der Waals surface area (Å²) in [6.07, 6.45) is -0.493. The topological polar surface area (TPSA) is 82.8 Å². The van der Waals surface area contributed by atoms with Gasteiger partial charge < -0.3 is 25.3 Å². The number of hydrogen-bond acceptors (Lipinski definition) is 5. The highest BCUT2D eigenvalue weighted by atomic mass is 16.6. The standard InChI is InChI=1S/C15H22N2O4/c1-15(2,3)21-14(18)17-11(9-16)10-4-5-12-13(8-10)20-7-6-19-12/h4-5,8,11H,6-7,9,16H2,1-3H3,(H,17,18). The molecule has 0 saturated heterocycles. The van der Waals surface area contributed by atoms with Gasteiger partial charge in [-0.2, -0.15) is 0 Å². The summed E-state index contributed by atoms with van der Waals surface area (Å²) in [7, 11) is 0. The average molecular weight is 294 g/mol. The van der Waals surface area contributed by atoms with E-state index in [4.69, 9.17) is 19.9 Å². The highest BCUT2D eigenvalue weighted by Gasteiger charge is 2.21. The van der Waals surface area contributed by atoms with Crippen molar-refractivity contribution in [1.29, 1.82) is 0 Å². The van der Waals surface area contributed by atoms with Crippen molar-refractivity contribution in [2.24, 2.45) is 5.73 Å². The molecule has 21 heavy (non-hydrogen) atoms. The number of hydrogen-bond donors (Lipinski definition) is 2. The molecule has 1 atom stereocenters. The number of benzene rings is 1. The normalized spacial score (nSPS) is 15.2. The van der Waals surface area contributed by atoms with E-state index in [-0.39, 0.29) is 12.6 Å². The zero-order chi connectivity index (χ0) is 15.5. The number of rotatable bonds is 3. The van der Waals surface area contributed by atoms with Crippen molar-refractivity contribution >= 4 is 6.09 Å². The van der Waals surface area contributed by atoms with Gasteiger partial charge in [-0.05, 0) is 38.5 Å². The molecule has 6 nitrogen and oxygen atoms in total. The third-order valence-electron chi connectivity index (χ3n) is 2.90. The highest BCUT2D eigenvalue weighted by Crippen LogP contribution is 2.32. The molecule has 0 spiro atoms. The molecule has 2 rings (SSSR count). The van der Waals surface area contributed by atoms with Gasteiger partial charge in [0.15, 0.2) is 11.5 Å². The molecule has 1 aromatic carbocycles. The van der Waals surface area contributed by atoms with Crippen molar-refractivity contribution in [2.45, 2.75) is 32.4 Å². The molecule has 0 radical (unpaired) electrons. The number of nitrogens with one attached hydrogen (secondary N) is 1. The molecule has 1 heterocycles. The predicted octanol–water partition coefficient (Wildman–Crippen LogP) is 1.98. The minimum absolute atomic E-state index is 0.263. The van der Waals surface area contributed by atoms with Crippen LogP contribution in [0.4, 0.5) is 4.79 Å². The Balaban J connectivity index is 2.08. The molecule has 0 aromatic heterocycles. The fraction of sp³-hybridized carbons (Fsp3) is 0.533. The van der Waals surface area contributed by atoms with Crippen LogP contribution in [-0.4, -0.2) is 31.5 Å². The van der Waals surface area contributed by atoms with Gasteiger partial charge in [-0.15, -0.1) is 0 Å². The van der Waals surface area contributed by atoms with Gasteiger partial charge >= 0.3 is 6.09 Å². The number of nitrogens with two attached hydrogens (primary N) is 1. The van der Waals surface area contributed by atoms with E-state index in [1.54, 1.807) is 0 Å². The zero-order valence-corrected chi connectivity index (χ0v) is 12.6. The van der Waals surface area contributed by atoms with Gasteiger partial charge in [-0.3, -0.25) is 0 Å². The summed E-state index contributed by atoms with van der Waals surface area (Å²) in [5.41, 5.74) is 6.06.